The molecule has 0 bridgehead atoms. The Morgan fingerprint density at radius 2 is 0.871 bits per heavy atom. The van der Waals surface area contributed by atoms with Gasteiger partial charge < -0.3 is 0 Å². The first-order valence-corrected chi connectivity index (χ1v) is 16.1. The molecule has 0 saturated carbocycles. The molecule has 0 fully saturated rings. The second kappa shape index (κ2) is 9.46. The van der Waals surface area contributed by atoms with E-state index in [0.717, 1.165) is 6.04 Å². The number of allylic oxidation sites excluding steroid dienone is 1. The van der Waals surface area contributed by atoms with Gasteiger partial charge in [0.1, 0.15) is 16.1 Å². The molecule has 0 aliphatic heterocycles. The molecule has 154 valence electrons. The van der Waals surface area contributed by atoms with Crippen molar-refractivity contribution < 1.29 is 0 Å². The highest BCUT2D eigenvalue weighted by atomic mass is 28.4. The summed E-state index contributed by atoms with van der Waals surface area (Å²) < 4.78 is 0. The number of benzene rings is 4. The maximum Gasteiger partial charge on any atom is 0.119 e. The van der Waals surface area contributed by atoms with Crippen molar-refractivity contribution in [1.29, 1.82) is 0 Å². The lowest BCUT2D eigenvalue weighted by Crippen LogP contribution is -2.68. The fourth-order valence-corrected chi connectivity index (χ4v) is 18.8. The van der Waals surface area contributed by atoms with Crippen molar-refractivity contribution in [3.8, 4) is 0 Å². The third-order valence-corrected chi connectivity index (χ3v) is 18.9. The van der Waals surface area contributed by atoms with Crippen LogP contribution in [0.25, 0.3) is 0 Å². The zero-order valence-electron chi connectivity index (χ0n) is 18.2. The van der Waals surface area contributed by atoms with Crippen LogP contribution in [0, 0.1) is 0 Å². The van der Waals surface area contributed by atoms with Gasteiger partial charge >= 0.3 is 0 Å². The van der Waals surface area contributed by atoms with Gasteiger partial charge in [0, 0.05) is 0 Å². The molecule has 0 heterocycles. The summed E-state index contributed by atoms with van der Waals surface area (Å²) in [5.74, 6) is 0. The Morgan fingerprint density at radius 1 is 0.548 bits per heavy atom. The first-order valence-electron chi connectivity index (χ1n) is 11.0. The van der Waals surface area contributed by atoms with Crippen LogP contribution in [-0.4, -0.2) is 16.1 Å². The summed E-state index contributed by atoms with van der Waals surface area (Å²) in [7, 11) is -4.13. The van der Waals surface area contributed by atoms with E-state index in [1.807, 2.05) is 0 Å². The van der Waals surface area contributed by atoms with Crippen LogP contribution in [0.4, 0.5) is 0 Å². The highest BCUT2D eigenvalue weighted by molar-refractivity contribution is 7.17. The lowest BCUT2D eigenvalue weighted by molar-refractivity contribution is 1.49. The molecular weight excluding hydrogens is 404 g/mol. The first kappa shape index (κ1) is 21.3. The molecule has 0 aliphatic carbocycles. The quantitative estimate of drug-likeness (QED) is 0.274. The van der Waals surface area contributed by atoms with Crippen LogP contribution in [0.2, 0.25) is 18.3 Å². The SMILES string of the molecule is C=CC[Si](C[Si](C)(c1ccccc1)c1ccccc1)(c1ccccc1)c1ccccc1. The van der Waals surface area contributed by atoms with Gasteiger partial charge in [-0.15, -0.1) is 6.58 Å². The summed E-state index contributed by atoms with van der Waals surface area (Å²) in [5, 5.41) is 6.03. The predicted molar refractivity (Wildman–Crippen MR) is 141 cm³/mol. The van der Waals surface area contributed by atoms with Crippen LogP contribution in [0.1, 0.15) is 0 Å². The lowest BCUT2D eigenvalue weighted by atomic mass is 10.4. The van der Waals surface area contributed by atoms with Crippen LogP contribution in [0.15, 0.2) is 134 Å². The molecule has 4 rings (SSSR count). The standard InChI is InChI=1S/C29H30Si2/c1-3-24-31(28-20-12-6-13-21-28,29-22-14-7-15-23-29)25-30(2,26-16-8-4-9-17-26)27-18-10-5-11-19-27/h3-23H,1,24-25H2,2H3. The largest absolute Gasteiger partial charge is 0.119 e. The molecule has 0 nitrogen and oxygen atoms in total. The number of rotatable bonds is 8. The van der Waals surface area contributed by atoms with Crippen LogP contribution >= 0.6 is 0 Å². The summed E-state index contributed by atoms with van der Waals surface area (Å²) in [4.78, 5) is 0. The molecule has 2 heteroatoms. The van der Waals surface area contributed by atoms with Gasteiger partial charge in [0.15, 0.2) is 0 Å². The maximum absolute atomic E-state index is 4.22. The second-order valence-corrected chi connectivity index (χ2v) is 17.5. The predicted octanol–water partition coefficient (Wildman–Crippen LogP) is 4.87. The van der Waals surface area contributed by atoms with Crippen molar-refractivity contribution in [3.63, 3.8) is 0 Å². The minimum Gasteiger partial charge on any atom is -0.103 e. The molecule has 0 aliphatic rings. The van der Waals surface area contributed by atoms with Gasteiger partial charge in [0.25, 0.3) is 0 Å². The zero-order chi connectivity index (χ0) is 21.6. The van der Waals surface area contributed by atoms with E-state index in [1.54, 1.807) is 0 Å². The minimum atomic E-state index is -2.11. The van der Waals surface area contributed by atoms with Crippen molar-refractivity contribution in [2.75, 3.05) is 0 Å². The van der Waals surface area contributed by atoms with Gasteiger partial charge in [-0.25, -0.2) is 0 Å². The molecule has 0 atom stereocenters. The van der Waals surface area contributed by atoms with E-state index < -0.39 is 16.1 Å². The summed E-state index contributed by atoms with van der Waals surface area (Å²) in [5.41, 5.74) is 1.22. The van der Waals surface area contributed by atoms with E-state index in [1.165, 1.54) is 26.4 Å². The van der Waals surface area contributed by atoms with E-state index in [2.05, 4.69) is 141 Å². The fraction of sp³-hybridized carbons (Fsp3) is 0.103. The Bertz CT molecular complexity index is 1010. The van der Waals surface area contributed by atoms with E-state index in [4.69, 9.17) is 0 Å². The van der Waals surface area contributed by atoms with Gasteiger partial charge in [-0.1, -0.05) is 155 Å². The zero-order valence-corrected chi connectivity index (χ0v) is 20.2. The van der Waals surface area contributed by atoms with Gasteiger partial charge in [0.05, 0.1) is 0 Å². The number of hydrogen-bond donors (Lipinski definition) is 0. The highest BCUT2D eigenvalue weighted by Gasteiger charge is 2.45. The van der Waals surface area contributed by atoms with Crippen LogP contribution < -0.4 is 20.7 Å². The fourth-order valence-electron chi connectivity index (χ4n) is 5.03. The van der Waals surface area contributed by atoms with E-state index >= 15 is 0 Å². The average Bonchev–Trinajstić information content (AvgIpc) is 2.86. The molecule has 0 N–H and O–H groups in total. The lowest BCUT2D eigenvalue weighted by Gasteiger charge is -2.40. The Morgan fingerprint density at radius 3 is 1.19 bits per heavy atom. The topological polar surface area (TPSA) is 0 Å². The summed E-state index contributed by atoms with van der Waals surface area (Å²) in [6.07, 6.45) is 2.16. The second-order valence-electron chi connectivity index (χ2n) is 8.55. The summed E-state index contributed by atoms with van der Waals surface area (Å²) >= 11 is 0. The molecule has 31 heavy (non-hydrogen) atoms. The van der Waals surface area contributed by atoms with Crippen molar-refractivity contribution in [2.24, 2.45) is 0 Å². The molecule has 4 aromatic rings. The van der Waals surface area contributed by atoms with Gasteiger partial charge in [-0.2, -0.15) is 0 Å². The monoisotopic (exact) mass is 434 g/mol. The Hall–Kier alpha value is -2.95. The molecule has 0 radical (unpaired) electrons. The van der Waals surface area contributed by atoms with Crippen LogP contribution in [0.3, 0.4) is 0 Å². The maximum atomic E-state index is 4.22. The summed E-state index contributed by atoms with van der Waals surface area (Å²) in [6.45, 7) is 6.79. The average molecular weight is 435 g/mol. The van der Waals surface area contributed by atoms with Crippen molar-refractivity contribution in [1.82, 2.24) is 0 Å². The van der Waals surface area contributed by atoms with Crippen LogP contribution in [0.5, 0.6) is 0 Å². The minimum absolute atomic E-state index is 1.04. The Labute approximate surface area is 188 Å². The van der Waals surface area contributed by atoms with Gasteiger partial charge in [-0.05, 0) is 11.7 Å². The summed E-state index contributed by atoms with van der Waals surface area (Å²) in [6, 6.07) is 46.0. The Balaban J connectivity index is 1.97. The van der Waals surface area contributed by atoms with Gasteiger partial charge in [0.2, 0.25) is 0 Å². The van der Waals surface area contributed by atoms with Gasteiger partial charge in [-0.3, -0.25) is 0 Å². The molecule has 4 aromatic carbocycles. The molecule has 0 saturated heterocycles. The highest BCUT2D eigenvalue weighted by Crippen LogP contribution is 2.25. The normalized spacial score (nSPS) is 11.8. The van der Waals surface area contributed by atoms with E-state index in [0.29, 0.717) is 0 Å². The smallest absolute Gasteiger partial charge is 0.103 e. The van der Waals surface area contributed by atoms with Crippen molar-refractivity contribution in [2.45, 2.75) is 18.3 Å². The van der Waals surface area contributed by atoms with Crippen molar-refractivity contribution in [3.05, 3.63) is 134 Å². The van der Waals surface area contributed by atoms with Crippen molar-refractivity contribution >= 4 is 36.9 Å². The molecule has 0 unspecified atom stereocenters. The third-order valence-electron chi connectivity index (χ3n) is 6.62. The van der Waals surface area contributed by atoms with E-state index in [-0.39, 0.29) is 0 Å². The first-order chi connectivity index (χ1) is 15.2. The third kappa shape index (κ3) is 4.27. The molecule has 0 aromatic heterocycles. The van der Waals surface area contributed by atoms with E-state index in [9.17, 15) is 0 Å². The molecule has 0 spiro atoms. The molecule has 0 amide bonds. The molecular formula is C29H30Si2. The number of hydrogen-bond acceptors (Lipinski definition) is 0. The Kier molecular flexibility index (Phi) is 6.50. The van der Waals surface area contributed by atoms with Crippen LogP contribution in [-0.2, 0) is 0 Å².